The molecule has 7 heteroatoms. The number of hydrazone groups is 1. The summed E-state index contributed by atoms with van der Waals surface area (Å²) in [6, 6.07) is 4.96. The molecule has 0 aromatic heterocycles. The van der Waals surface area contributed by atoms with Gasteiger partial charge in [0.2, 0.25) is 0 Å². The number of amides is 2. The number of likely N-dealkylation sites (N-methyl/N-ethyl adjacent to an activating group) is 1. The number of rotatable bonds is 5. The maximum Gasteiger partial charge on any atom is 0.329 e. The second-order valence-electron chi connectivity index (χ2n) is 3.56. The minimum absolute atomic E-state index is 0.326. The molecule has 0 spiro atoms. The lowest BCUT2D eigenvalue weighted by Gasteiger charge is -2.07. The molecule has 0 heterocycles. The normalized spacial score (nSPS) is 10.1. The van der Waals surface area contributed by atoms with E-state index in [4.69, 9.17) is 16.3 Å². The van der Waals surface area contributed by atoms with Crippen molar-refractivity contribution >= 4 is 29.6 Å². The topological polar surface area (TPSA) is 79.8 Å². The number of carbonyl (C=O) groups is 2. The van der Waals surface area contributed by atoms with E-state index in [0.29, 0.717) is 22.9 Å². The second-order valence-corrected chi connectivity index (χ2v) is 4.00. The molecule has 0 unspecified atom stereocenters. The summed E-state index contributed by atoms with van der Waals surface area (Å²) in [6.07, 6.45) is 2.94. The van der Waals surface area contributed by atoms with E-state index in [2.05, 4.69) is 22.4 Å². The number of nitrogens with zero attached hydrogens (tertiary/aromatic N) is 1. The molecular formula is C13H14ClN3O3. The predicted octanol–water partition coefficient (Wildman–Crippen LogP) is 1.10. The van der Waals surface area contributed by atoms with Gasteiger partial charge < -0.3 is 10.1 Å². The van der Waals surface area contributed by atoms with Crippen molar-refractivity contribution in [2.75, 3.05) is 13.7 Å². The van der Waals surface area contributed by atoms with Gasteiger partial charge in [-0.25, -0.2) is 5.43 Å². The van der Waals surface area contributed by atoms with Crippen molar-refractivity contribution in [2.24, 2.45) is 5.10 Å². The fraction of sp³-hybridized carbons (Fsp3) is 0.154. The third-order valence-corrected chi connectivity index (χ3v) is 2.37. The average Bonchev–Trinajstić information content (AvgIpc) is 2.45. The first-order chi connectivity index (χ1) is 9.58. The van der Waals surface area contributed by atoms with Crippen LogP contribution in [0.4, 0.5) is 0 Å². The van der Waals surface area contributed by atoms with E-state index in [1.165, 1.54) is 13.3 Å². The van der Waals surface area contributed by atoms with Crippen molar-refractivity contribution in [1.29, 1.82) is 0 Å². The average molecular weight is 296 g/mol. The SMILES string of the molecule is C=CCOc1ccc(Cl)cc1/C=N\NC(=O)C(=O)NC. The second kappa shape index (κ2) is 7.96. The number of hydrogen-bond acceptors (Lipinski definition) is 4. The van der Waals surface area contributed by atoms with Crippen LogP contribution >= 0.6 is 11.6 Å². The van der Waals surface area contributed by atoms with Crippen molar-refractivity contribution in [3.8, 4) is 5.75 Å². The molecule has 1 aromatic carbocycles. The van der Waals surface area contributed by atoms with Crippen molar-refractivity contribution in [1.82, 2.24) is 10.7 Å². The zero-order chi connectivity index (χ0) is 15.0. The third-order valence-electron chi connectivity index (χ3n) is 2.13. The molecule has 0 radical (unpaired) electrons. The van der Waals surface area contributed by atoms with Gasteiger partial charge in [0.15, 0.2) is 0 Å². The molecule has 0 aliphatic carbocycles. The van der Waals surface area contributed by atoms with E-state index in [-0.39, 0.29) is 0 Å². The zero-order valence-electron chi connectivity index (χ0n) is 10.9. The largest absolute Gasteiger partial charge is 0.489 e. The molecule has 1 rings (SSSR count). The van der Waals surface area contributed by atoms with Gasteiger partial charge >= 0.3 is 11.8 Å². The van der Waals surface area contributed by atoms with Crippen LogP contribution in [-0.4, -0.2) is 31.7 Å². The van der Waals surface area contributed by atoms with Crippen LogP contribution < -0.4 is 15.5 Å². The van der Waals surface area contributed by atoms with E-state index in [1.54, 1.807) is 24.3 Å². The Balaban J connectivity index is 2.79. The zero-order valence-corrected chi connectivity index (χ0v) is 11.6. The van der Waals surface area contributed by atoms with Gasteiger partial charge in [-0.3, -0.25) is 9.59 Å². The molecule has 0 saturated heterocycles. The van der Waals surface area contributed by atoms with Gasteiger partial charge in [0.05, 0.1) is 6.21 Å². The highest BCUT2D eigenvalue weighted by atomic mass is 35.5. The van der Waals surface area contributed by atoms with Gasteiger partial charge in [-0.1, -0.05) is 24.3 Å². The minimum Gasteiger partial charge on any atom is -0.489 e. The van der Waals surface area contributed by atoms with Crippen LogP contribution in [0, 0.1) is 0 Å². The molecule has 20 heavy (non-hydrogen) atoms. The van der Waals surface area contributed by atoms with Gasteiger partial charge in [0.25, 0.3) is 0 Å². The van der Waals surface area contributed by atoms with Crippen molar-refractivity contribution < 1.29 is 14.3 Å². The van der Waals surface area contributed by atoms with Gasteiger partial charge in [-0.2, -0.15) is 5.10 Å². The highest BCUT2D eigenvalue weighted by Crippen LogP contribution is 2.21. The van der Waals surface area contributed by atoms with Crippen molar-refractivity contribution in [2.45, 2.75) is 0 Å². The lowest BCUT2D eigenvalue weighted by atomic mass is 10.2. The highest BCUT2D eigenvalue weighted by Gasteiger charge is 2.09. The Morgan fingerprint density at radius 3 is 2.85 bits per heavy atom. The number of benzene rings is 1. The van der Waals surface area contributed by atoms with Gasteiger partial charge in [-0.15, -0.1) is 0 Å². The third kappa shape index (κ3) is 4.74. The van der Waals surface area contributed by atoms with Gasteiger partial charge in [-0.05, 0) is 18.2 Å². The predicted molar refractivity (Wildman–Crippen MR) is 76.9 cm³/mol. The molecule has 0 aliphatic heterocycles. The number of halogens is 1. The Morgan fingerprint density at radius 2 is 2.20 bits per heavy atom. The quantitative estimate of drug-likeness (QED) is 0.369. The van der Waals surface area contributed by atoms with Crippen LogP contribution in [0.25, 0.3) is 0 Å². The molecule has 2 N–H and O–H groups in total. The monoisotopic (exact) mass is 295 g/mol. The van der Waals surface area contributed by atoms with Crippen LogP contribution in [-0.2, 0) is 9.59 Å². The maximum atomic E-state index is 11.2. The summed E-state index contributed by atoms with van der Waals surface area (Å²) in [5.41, 5.74) is 2.65. The smallest absolute Gasteiger partial charge is 0.329 e. The van der Waals surface area contributed by atoms with Crippen molar-refractivity contribution in [3.05, 3.63) is 41.4 Å². The first-order valence-corrected chi connectivity index (χ1v) is 6.04. The Hall–Kier alpha value is -2.34. The summed E-state index contributed by atoms with van der Waals surface area (Å²) in [6.45, 7) is 3.88. The lowest BCUT2D eigenvalue weighted by molar-refractivity contribution is -0.138. The Bertz CT molecular complexity index is 544. The van der Waals surface area contributed by atoms with E-state index < -0.39 is 11.8 Å². The Labute approximate surface area is 121 Å². The summed E-state index contributed by atoms with van der Waals surface area (Å²) in [5.74, 6) is -1.11. The van der Waals surface area contributed by atoms with Crippen LogP contribution in [0.3, 0.4) is 0 Å². The molecule has 106 valence electrons. The van der Waals surface area contributed by atoms with Crippen molar-refractivity contribution in [3.63, 3.8) is 0 Å². The fourth-order valence-corrected chi connectivity index (χ4v) is 1.41. The number of carbonyl (C=O) groups excluding carboxylic acids is 2. The molecular weight excluding hydrogens is 282 g/mol. The summed E-state index contributed by atoms with van der Waals surface area (Å²) in [5, 5.41) is 6.35. The lowest BCUT2D eigenvalue weighted by Crippen LogP contribution is -2.35. The highest BCUT2D eigenvalue weighted by molar-refractivity contribution is 6.35. The van der Waals surface area contributed by atoms with Gasteiger partial charge in [0, 0.05) is 17.6 Å². The molecule has 0 atom stereocenters. The number of nitrogens with one attached hydrogen (secondary N) is 2. The summed E-state index contributed by atoms with van der Waals surface area (Å²) >= 11 is 5.88. The minimum atomic E-state index is -0.862. The van der Waals surface area contributed by atoms with E-state index in [1.807, 2.05) is 0 Å². The van der Waals surface area contributed by atoms with Gasteiger partial charge in [0.1, 0.15) is 12.4 Å². The van der Waals surface area contributed by atoms with E-state index in [9.17, 15) is 9.59 Å². The summed E-state index contributed by atoms with van der Waals surface area (Å²) in [4.78, 5) is 22.1. The molecule has 0 saturated carbocycles. The summed E-state index contributed by atoms with van der Waals surface area (Å²) < 4.78 is 5.41. The molecule has 1 aromatic rings. The fourth-order valence-electron chi connectivity index (χ4n) is 1.23. The molecule has 0 bridgehead atoms. The molecule has 2 amide bonds. The first kappa shape index (κ1) is 15.7. The van der Waals surface area contributed by atoms with Crippen LogP contribution in [0.15, 0.2) is 36.0 Å². The molecule has 6 nitrogen and oxygen atoms in total. The van der Waals surface area contributed by atoms with Crippen LogP contribution in [0.2, 0.25) is 5.02 Å². The summed E-state index contributed by atoms with van der Waals surface area (Å²) in [7, 11) is 1.35. The molecule has 0 fully saturated rings. The first-order valence-electron chi connectivity index (χ1n) is 5.67. The Kier molecular flexibility index (Phi) is 6.25. The standard InChI is InChI=1S/C13H14ClN3O3/c1-3-6-20-11-5-4-10(14)7-9(11)8-16-17-13(19)12(18)15-2/h3-5,7-8H,1,6H2,2H3,(H,15,18)(H,17,19)/b16-8-. The molecule has 0 aliphatic rings. The maximum absolute atomic E-state index is 11.2. The number of hydrogen-bond donors (Lipinski definition) is 2. The van der Waals surface area contributed by atoms with Crippen LogP contribution in [0.5, 0.6) is 5.75 Å². The number of ether oxygens (including phenoxy) is 1. The van der Waals surface area contributed by atoms with Crippen LogP contribution in [0.1, 0.15) is 5.56 Å². The van der Waals surface area contributed by atoms with E-state index in [0.717, 1.165) is 0 Å². The Morgan fingerprint density at radius 1 is 1.45 bits per heavy atom. The van der Waals surface area contributed by atoms with E-state index >= 15 is 0 Å².